The quantitative estimate of drug-likeness (QED) is 0.630. The highest BCUT2D eigenvalue weighted by molar-refractivity contribution is 5.76. The molecule has 0 bridgehead atoms. The monoisotopic (exact) mass is 371 g/mol. The molecule has 2 heterocycles. The largest absolute Gasteiger partial charge is 0.336 e. The number of fused-ring (bicyclic) bond motifs is 1. The zero-order valence-electron chi connectivity index (χ0n) is 15.7. The van der Waals surface area contributed by atoms with Gasteiger partial charge in [0.1, 0.15) is 17.5 Å². The number of hydrogen-bond acceptors (Lipinski definition) is 2. The van der Waals surface area contributed by atoms with E-state index >= 15 is 0 Å². The summed E-state index contributed by atoms with van der Waals surface area (Å²) in [4.78, 5) is 17.4. The Hall–Kier alpha value is -2.76. The van der Waals surface area contributed by atoms with Gasteiger partial charge < -0.3 is 9.47 Å². The van der Waals surface area contributed by atoms with E-state index in [-0.39, 0.29) is 23.6 Å². The van der Waals surface area contributed by atoms with Crippen LogP contribution in [0.5, 0.6) is 0 Å². The van der Waals surface area contributed by atoms with Gasteiger partial charge in [0.2, 0.25) is 5.91 Å². The van der Waals surface area contributed by atoms with Crippen LogP contribution in [0.25, 0.3) is 11.0 Å². The third-order valence-corrected chi connectivity index (χ3v) is 4.98. The molecular weight excluding hydrogens is 348 g/mol. The number of benzene rings is 2. The van der Waals surface area contributed by atoms with Crippen molar-refractivity contribution in [1.29, 1.82) is 0 Å². The third-order valence-electron chi connectivity index (χ3n) is 4.98. The summed E-state index contributed by atoms with van der Waals surface area (Å²) in [5, 5.41) is 0. The molecular formula is C21H23F2N3O. The second-order valence-corrected chi connectivity index (χ2v) is 6.77. The van der Waals surface area contributed by atoms with Crippen LogP contribution in [-0.2, 0) is 11.8 Å². The van der Waals surface area contributed by atoms with Crippen molar-refractivity contribution in [2.75, 3.05) is 6.54 Å². The normalized spacial score (nSPS) is 16.3. The topological polar surface area (TPSA) is 38.1 Å². The van der Waals surface area contributed by atoms with Crippen molar-refractivity contribution < 1.29 is 13.6 Å². The molecule has 0 radical (unpaired) electrons. The van der Waals surface area contributed by atoms with Gasteiger partial charge in [-0.2, -0.15) is 0 Å². The fourth-order valence-corrected chi connectivity index (χ4v) is 3.47. The predicted octanol–water partition coefficient (Wildman–Crippen LogP) is 4.53. The highest BCUT2D eigenvalue weighted by Gasteiger charge is 2.27. The molecule has 1 fully saturated rings. The van der Waals surface area contributed by atoms with Gasteiger partial charge in [0.25, 0.3) is 0 Å². The third kappa shape index (κ3) is 4.15. The maximum atomic E-state index is 12.7. The minimum atomic E-state index is -0.236. The Morgan fingerprint density at radius 2 is 1.78 bits per heavy atom. The summed E-state index contributed by atoms with van der Waals surface area (Å²) in [6.07, 6.45) is 2.01. The molecule has 2 aromatic carbocycles. The van der Waals surface area contributed by atoms with Gasteiger partial charge in [-0.25, -0.2) is 13.8 Å². The molecule has 0 aliphatic carbocycles. The van der Waals surface area contributed by atoms with E-state index in [2.05, 4.69) is 4.98 Å². The maximum Gasteiger partial charge on any atom is 0.219 e. The van der Waals surface area contributed by atoms with Crippen molar-refractivity contribution in [2.24, 2.45) is 7.05 Å². The van der Waals surface area contributed by atoms with E-state index in [4.69, 9.17) is 0 Å². The Kier molecular flexibility index (Phi) is 5.54. The number of nitrogens with zero attached hydrogens (tertiary/aromatic N) is 3. The molecule has 1 saturated heterocycles. The van der Waals surface area contributed by atoms with Crippen molar-refractivity contribution >= 4 is 16.9 Å². The first-order valence-corrected chi connectivity index (χ1v) is 8.98. The lowest BCUT2D eigenvalue weighted by molar-refractivity contribution is -0.129. The van der Waals surface area contributed by atoms with Gasteiger partial charge in [-0.05, 0) is 49.6 Å². The smallest absolute Gasteiger partial charge is 0.219 e. The molecule has 1 aromatic heterocycles. The molecule has 4 nitrogen and oxygen atoms in total. The summed E-state index contributed by atoms with van der Waals surface area (Å²) in [6.45, 7) is 4.30. The number of carbonyl (C=O) groups excluding carboxylic acids is 1. The summed E-state index contributed by atoms with van der Waals surface area (Å²) >= 11 is 0. The van der Waals surface area contributed by atoms with E-state index < -0.39 is 0 Å². The van der Waals surface area contributed by atoms with Gasteiger partial charge in [0.15, 0.2) is 0 Å². The van der Waals surface area contributed by atoms with Crippen LogP contribution in [0.3, 0.4) is 0 Å². The van der Waals surface area contributed by atoms with Crippen molar-refractivity contribution in [1.82, 2.24) is 14.5 Å². The highest BCUT2D eigenvalue weighted by Crippen LogP contribution is 2.31. The van der Waals surface area contributed by atoms with Gasteiger partial charge in [-0.15, -0.1) is 0 Å². The Morgan fingerprint density at radius 1 is 1.11 bits per heavy atom. The fourth-order valence-electron chi connectivity index (χ4n) is 3.47. The van der Waals surface area contributed by atoms with Gasteiger partial charge in [0, 0.05) is 26.6 Å². The van der Waals surface area contributed by atoms with Crippen LogP contribution in [-0.4, -0.2) is 26.9 Å². The number of aryl methyl sites for hydroxylation is 2. The van der Waals surface area contributed by atoms with Gasteiger partial charge in [-0.1, -0.05) is 12.1 Å². The highest BCUT2D eigenvalue weighted by atomic mass is 19.1. The van der Waals surface area contributed by atoms with Crippen LogP contribution in [0.2, 0.25) is 0 Å². The zero-order valence-corrected chi connectivity index (χ0v) is 15.7. The van der Waals surface area contributed by atoms with Crippen molar-refractivity contribution in [3.63, 3.8) is 0 Å². The van der Waals surface area contributed by atoms with Crippen LogP contribution >= 0.6 is 0 Å². The molecule has 1 aliphatic heterocycles. The molecule has 4 rings (SSSR count). The van der Waals surface area contributed by atoms with Crippen LogP contribution in [0.15, 0.2) is 42.5 Å². The maximum absolute atomic E-state index is 12.7. The van der Waals surface area contributed by atoms with Gasteiger partial charge in [-0.3, -0.25) is 4.79 Å². The summed E-state index contributed by atoms with van der Waals surface area (Å²) in [5.41, 5.74) is 2.72. The number of imidazole rings is 1. The first-order chi connectivity index (χ1) is 12.9. The minimum absolute atomic E-state index is 0.0989. The van der Waals surface area contributed by atoms with E-state index in [0.29, 0.717) is 0 Å². The summed E-state index contributed by atoms with van der Waals surface area (Å²) < 4.78 is 27.4. The number of aromatic nitrogens is 2. The molecule has 0 spiro atoms. The molecule has 1 atom stereocenters. The lowest BCUT2D eigenvalue weighted by atomic mass is 10.0. The first-order valence-electron chi connectivity index (χ1n) is 8.98. The predicted molar refractivity (Wildman–Crippen MR) is 101 cm³/mol. The fraction of sp³-hybridized carbons (Fsp3) is 0.333. The second-order valence-electron chi connectivity index (χ2n) is 6.77. The van der Waals surface area contributed by atoms with Crippen LogP contribution in [0, 0.1) is 18.6 Å². The summed E-state index contributed by atoms with van der Waals surface area (Å²) in [7, 11) is 1.92. The molecule has 6 heteroatoms. The standard InChI is InChI=1S/C12H14FNO.C9H9FN2/c1-9(15)14-8-2-3-12(14)10-4-6-11(13)7-5-10;1-6-11-8-5-7(10)3-4-9(8)12(6)2/h4-7,12H,2-3,8H2,1H3;3-5H,1-2H3. The number of rotatable bonds is 1. The molecule has 0 N–H and O–H groups in total. The van der Waals surface area contributed by atoms with Gasteiger partial charge >= 0.3 is 0 Å². The SMILES string of the molecule is CC(=O)N1CCCC1c1ccc(F)cc1.Cc1nc2cc(F)ccc2n1C. The van der Waals surface area contributed by atoms with Crippen LogP contribution in [0.1, 0.15) is 37.2 Å². The van der Waals surface area contributed by atoms with E-state index in [1.165, 1.54) is 24.3 Å². The second kappa shape index (κ2) is 7.86. The van der Waals surface area contributed by atoms with Crippen molar-refractivity contribution in [3.05, 3.63) is 65.5 Å². The first kappa shape index (κ1) is 19.0. The van der Waals surface area contributed by atoms with E-state index in [1.54, 1.807) is 25.1 Å². The molecule has 1 unspecified atom stereocenters. The lowest BCUT2D eigenvalue weighted by Crippen LogP contribution is -2.27. The van der Waals surface area contributed by atoms with E-state index in [9.17, 15) is 13.6 Å². The number of halogens is 2. The Labute approximate surface area is 157 Å². The number of likely N-dealkylation sites (tertiary alicyclic amines) is 1. The van der Waals surface area contributed by atoms with Gasteiger partial charge in [0.05, 0.1) is 17.1 Å². The van der Waals surface area contributed by atoms with E-state index in [0.717, 1.165) is 41.8 Å². The number of amides is 1. The molecule has 3 aromatic rings. The summed E-state index contributed by atoms with van der Waals surface area (Å²) in [6, 6.07) is 11.2. The Balaban J connectivity index is 0.000000159. The van der Waals surface area contributed by atoms with E-state index in [1.807, 2.05) is 23.4 Å². The minimum Gasteiger partial charge on any atom is -0.336 e. The molecule has 1 aliphatic rings. The van der Waals surface area contributed by atoms with Crippen LogP contribution in [0.4, 0.5) is 8.78 Å². The van der Waals surface area contributed by atoms with Crippen molar-refractivity contribution in [3.8, 4) is 0 Å². The lowest BCUT2D eigenvalue weighted by Gasteiger charge is -2.23. The average molecular weight is 371 g/mol. The Morgan fingerprint density at radius 3 is 2.44 bits per heavy atom. The Bertz CT molecular complexity index is 950. The summed E-state index contributed by atoms with van der Waals surface area (Å²) in [5.74, 6) is 0.532. The number of carbonyl (C=O) groups is 1. The van der Waals surface area contributed by atoms with Crippen molar-refractivity contribution in [2.45, 2.75) is 32.7 Å². The molecule has 142 valence electrons. The zero-order chi connectivity index (χ0) is 19.6. The molecule has 0 saturated carbocycles. The average Bonchev–Trinajstić information content (AvgIpc) is 3.22. The molecule has 27 heavy (non-hydrogen) atoms. The molecule has 1 amide bonds. The number of hydrogen-bond donors (Lipinski definition) is 0. The van der Waals surface area contributed by atoms with Crippen LogP contribution < -0.4 is 0 Å².